The van der Waals surface area contributed by atoms with Gasteiger partial charge in [0.15, 0.2) is 6.10 Å². The van der Waals surface area contributed by atoms with Crippen molar-refractivity contribution in [3.8, 4) is 0 Å². The lowest BCUT2D eigenvalue weighted by molar-refractivity contribution is -0.160. The molecule has 2 fully saturated rings. The molecule has 1 N–H and O–H groups in total. The molecule has 1 saturated heterocycles. The number of carbonyl (C=O) groups is 1. The molecule has 3 rings (SSSR count). The number of nitrogens with zero attached hydrogens (tertiary/aromatic N) is 2. The summed E-state index contributed by atoms with van der Waals surface area (Å²) in [6, 6.07) is 0. The van der Waals surface area contributed by atoms with Gasteiger partial charge in [-0.3, -0.25) is 4.98 Å². The van der Waals surface area contributed by atoms with Crippen LogP contribution in [0.2, 0.25) is 0 Å². The number of rotatable bonds is 4. The summed E-state index contributed by atoms with van der Waals surface area (Å²) in [7, 11) is 0. The van der Waals surface area contributed by atoms with Crippen LogP contribution in [0.1, 0.15) is 88.8 Å². The number of piperidine rings is 1. The highest BCUT2D eigenvalue weighted by Gasteiger charge is 2.39. The van der Waals surface area contributed by atoms with Crippen LogP contribution in [0.3, 0.4) is 0 Å². The molecule has 6 heteroatoms. The number of pyridine rings is 1. The highest BCUT2D eigenvalue weighted by atomic mass is 79.9. The van der Waals surface area contributed by atoms with Gasteiger partial charge >= 0.3 is 5.97 Å². The maximum atomic E-state index is 12.2. The summed E-state index contributed by atoms with van der Waals surface area (Å²) in [5, 5.41) is 10.0. The molecule has 1 aromatic rings. The van der Waals surface area contributed by atoms with E-state index < -0.39 is 17.7 Å². The van der Waals surface area contributed by atoms with Crippen molar-refractivity contribution in [1.82, 2.24) is 4.98 Å². The maximum absolute atomic E-state index is 12.2. The van der Waals surface area contributed by atoms with Gasteiger partial charge in [-0.1, -0.05) is 19.3 Å². The van der Waals surface area contributed by atoms with E-state index in [-0.39, 0.29) is 0 Å². The highest BCUT2D eigenvalue weighted by Crippen LogP contribution is 2.47. The molecule has 1 atom stereocenters. The second kappa shape index (κ2) is 8.54. The van der Waals surface area contributed by atoms with Crippen molar-refractivity contribution in [3.63, 3.8) is 0 Å². The number of carboxylic acids is 1. The van der Waals surface area contributed by atoms with Gasteiger partial charge in [-0.15, -0.1) is 0 Å². The first-order chi connectivity index (χ1) is 13.5. The van der Waals surface area contributed by atoms with Gasteiger partial charge in [0.2, 0.25) is 0 Å². The minimum atomic E-state index is -1.04. The molecule has 1 aliphatic heterocycles. The van der Waals surface area contributed by atoms with Gasteiger partial charge in [0, 0.05) is 24.3 Å². The third-order valence-electron chi connectivity index (χ3n) is 6.52. The summed E-state index contributed by atoms with van der Waals surface area (Å²) in [6.07, 6.45) is 8.07. The van der Waals surface area contributed by atoms with Crippen LogP contribution in [-0.4, -0.2) is 34.8 Å². The molecule has 1 spiro atoms. The molecule has 1 aromatic heterocycles. The van der Waals surface area contributed by atoms with Gasteiger partial charge in [0.05, 0.1) is 21.5 Å². The van der Waals surface area contributed by atoms with E-state index in [9.17, 15) is 9.90 Å². The lowest BCUT2D eigenvalue weighted by atomic mass is 9.68. The first-order valence-electron chi connectivity index (χ1n) is 10.9. The SMILES string of the molecule is Cc1nc(C)c(C(OC(C)(C)C)C(=O)O)c(N2CCC3(CCCCC3)CC2)c1Br. The number of halogens is 1. The normalized spacial score (nSPS) is 20.7. The van der Waals surface area contributed by atoms with Crippen LogP contribution in [0.15, 0.2) is 4.47 Å². The standard InChI is InChI=1S/C23H35BrN2O3/c1-15-17(20(21(27)28)29-22(3,4)5)19(18(24)16(2)25-15)26-13-11-23(12-14-26)9-7-6-8-10-23/h20H,6-14H2,1-5H3,(H,27,28). The lowest BCUT2D eigenvalue weighted by Gasteiger charge is -2.46. The minimum Gasteiger partial charge on any atom is -0.479 e. The van der Waals surface area contributed by atoms with Crippen molar-refractivity contribution < 1.29 is 14.6 Å². The topological polar surface area (TPSA) is 62.7 Å². The monoisotopic (exact) mass is 466 g/mol. The van der Waals surface area contributed by atoms with Crippen molar-refractivity contribution in [2.45, 2.75) is 91.3 Å². The van der Waals surface area contributed by atoms with Crippen LogP contribution < -0.4 is 4.90 Å². The second-order valence-electron chi connectivity index (χ2n) is 9.86. The van der Waals surface area contributed by atoms with Gasteiger partial charge in [-0.2, -0.15) is 0 Å². The summed E-state index contributed by atoms with van der Waals surface area (Å²) < 4.78 is 6.91. The fourth-order valence-corrected chi connectivity index (χ4v) is 5.59. The van der Waals surface area contributed by atoms with Crippen molar-refractivity contribution in [3.05, 3.63) is 21.4 Å². The van der Waals surface area contributed by atoms with E-state index in [2.05, 4.69) is 25.8 Å². The molecule has 1 unspecified atom stereocenters. The number of hydrogen-bond acceptors (Lipinski definition) is 4. The van der Waals surface area contributed by atoms with E-state index >= 15 is 0 Å². The zero-order chi connectivity index (χ0) is 21.4. The van der Waals surface area contributed by atoms with Crippen molar-refractivity contribution in [2.24, 2.45) is 5.41 Å². The molecule has 5 nitrogen and oxygen atoms in total. The summed E-state index contributed by atoms with van der Waals surface area (Å²) in [5.41, 5.74) is 3.18. The Morgan fingerprint density at radius 1 is 1.10 bits per heavy atom. The summed E-state index contributed by atoms with van der Waals surface area (Å²) in [5.74, 6) is -0.970. The molecule has 0 radical (unpaired) electrons. The zero-order valence-electron chi connectivity index (χ0n) is 18.5. The first kappa shape index (κ1) is 22.5. The number of hydrogen-bond donors (Lipinski definition) is 1. The molecule has 29 heavy (non-hydrogen) atoms. The van der Waals surface area contributed by atoms with E-state index in [4.69, 9.17) is 4.74 Å². The second-order valence-corrected chi connectivity index (χ2v) is 10.6. The molecule has 2 heterocycles. The van der Waals surface area contributed by atoms with Crippen LogP contribution in [0.4, 0.5) is 5.69 Å². The molecule has 2 aliphatic rings. The number of carboxylic acid groups (broad SMARTS) is 1. The summed E-state index contributed by atoms with van der Waals surface area (Å²) >= 11 is 3.73. The molecule has 1 saturated carbocycles. The third-order valence-corrected chi connectivity index (χ3v) is 7.47. The summed E-state index contributed by atoms with van der Waals surface area (Å²) in [6.45, 7) is 11.4. The Hall–Kier alpha value is -1.14. The van der Waals surface area contributed by atoms with Gasteiger partial charge in [0.1, 0.15) is 0 Å². The molecular weight excluding hydrogens is 432 g/mol. The Morgan fingerprint density at radius 3 is 2.21 bits per heavy atom. The quantitative estimate of drug-likeness (QED) is 0.593. The zero-order valence-corrected chi connectivity index (χ0v) is 20.1. The lowest BCUT2D eigenvalue weighted by Crippen LogP contribution is -2.42. The number of aryl methyl sites for hydroxylation is 2. The highest BCUT2D eigenvalue weighted by molar-refractivity contribution is 9.10. The van der Waals surface area contributed by atoms with E-state index in [0.29, 0.717) is 11.0 Å². The number of anilines is 1. The number of aliphatic carboxylic acids is 1. The Kier molecular flexibility index (Phi) is 6.64. The molecular formula is C23H35BrN2O3. The van der Waals surface area contributed by atoms with Crippen molar-refractivity contribution >= 4 is 27.6 Å². The maximum Gasteiger partial charge on any atom is 0.337 e. The molecule has 0 amide bonds. The number of aromatic nitrogens is 1. The molecule has 0 bridgehead atoms. The van der Waals surface area contributed by atoms with E-state index in [1.165, 1.54) is 44.9 Å². The van der Waals surface area contributed by atoms with Gasteiger partial charge in [-0.25, -0.2) is 4.79 Å². The predicted octanol–water partition coefficient (Wildman–Crippen LogP) is 5.95. The Morgan fingerprint density at radius 2 is 1.69 bits per heavy atom. The fraction of sp³-hybridized carbons (Fsp3) is 0.739. The largest absolute Gasteiger partial charge is 0.479 e. The average Bonchev–Trinajstić information content (AvgIpc) is 2.64. The van der Waals surface area contributed by atoms with Gasteiger partial charge in [0.25, 0.3) is 0 Å². The molecule has 1 aliphatic carbocycles. The smallest absolute Gasteiger partial charge is 0.337 e. The predicted molar refractivity (Wildman–Crippen MR) is 120 cm³/mol. The Balaban J connectivity index is 1.98. The van der Waals surface area contributed by atoms with E-state index in [1.54, 1.807) is 0 Å². The first-order valence-corrected chi connectivity index (χ1v) is 11.6. The fourth-order valence-electron chi connectivity index (χ4n) is 5.04. The minimum absolute atomic E-state index is 0.493. The Labute approximate surface area is 183 Å². The van der Waals surface area contributed by atoms with Crippen molar-refractivity contribution in [2.75, 3.05) is 18.0 Å². The van der Waals surface area contributed by atoms with Crippen molar-refractivity contribution in [1.29, 1.82) is 0 Å². The van der Waals surface area contributed by atoms with Gasteiger partial charge < -0.3 is 14.7 Å². The van der Waals surface area contributed by atoms with Crippen LogP contribution >= 0.6 is 15.9 Å². The van der Waals surface area contributed by atoms with E-state index in [0.717, 1.165) is 34.6 Å². The molecule has 162 valence electrons. The molecule has 0 aromatic carbocycles. The number of ether oxygens (including phenoxy) is 1. The van der Waals surface area contributed by atoms with Crippen LogP contribution in [0, 0.1) is 19.3 Å². The van der Waals surface area contributed by atoms with Crippen LogP contribution in [0.5, 0.6) is 0 Å². The van der Waals surface area contributed by atoms with Crippen LogP contribution in [0.25, 0.3) is 0 Å². The van der Waals surface area contributed by atoms with E-state index in [1.807, 2.05) is 34.6 Å². The average molecular weight is 467 g/mol. The van der Waals surface area contributed by atoms with Crippen LogP contribution in [-0.2, 0) is 9.53 Å². The summed E-state index contributed by atoms with van der Waals surface area (Å²) in [4.78, 5) is 19.2. The Bertz CT molecular complexity index is 756. The third kappa shape index (κ3) is 4.96. The van der Waals surface area contributed by atoms with Gasteiger partial charge in [-0.05, 0) is 81.6 Å².